The third kappa shape index (κ3) is 3.92. The molecule has 0 saturated carbocycles. The van der Waals surface area contributed by atoms with Crippen molar-refractivity contribution in [3.8, 4) is 11.5 Å². The first-order valence-electron chi connectivity index (χ1n) is 6.66. The first-order valence-corrected chi connectivity index (χ1v) is 6.66. The van der Waals surface area contributed by atoms with Crippen molar-refractivity contribution in [1.82, 2.24) is 0 Å². The zero-order valence-corrected chi connectivity index (χ0v) is 11.7. The summed E-state index contributed by atoms with van der Waals surface area (Å²) in [6.07, 6.45) is 0. The molecule has 21 heavy (non-hydrogen) atoms. The van der Waals surface area contributed by atoms with Gasteiger partial charge in [-0.15, -0.1) is 0 Å². The van der Waals surface area contributed by atoms with E-state index in [4.69, 9.17) is 15.2 Å². The molecule has 0 aliphatic carbocycles. The fraction of sp³-hybridized carbons (Fsp3) is 0.250. The van der Waals surface area contributed by atoms with Crippen molar-refractivity contribution in [3.05, 3.63) is 59.2 Å². The minimum Gasteiger partial charge on any atom is -0.490 e. The predicted octanol–water partition coefficient (Wildman–Crippen LogP) is 3.40. The Balaban J connectivity index is 2.15. The summed E-state index contributed by atoms with van der Waals surface area (Å²) < 4.78 is 37.4. The van der Waals surface area contributed by atoms with Gasteiger partial charge in [0, 0.05) is 18.2 Å². The number of rotatable bonds is 6. The molecule has 2 aromatic rings. The van der Waals surface area contributed by atoms with E-state index in [1.54, 1.807) is 12.1 Å². The molecule has 0 radical (unpaired) electrons. The fourth-order valence-corrected chi connectivity index (χ4v) is 1.86. The van der Waals surface area contributed by atoms with E-state index in [2.05, 4.69) is 0 Å². The highest BCUT2D eigenvalue weighted by molar-refractivity contribution is 5.43. The average Bonchev–Trinajstić information content (AvgIpc) is 2.47. The minimum atomic E-state index is -0.633. The van der Waals surface area contributed by atoms with Crippen molar-refractivity contribution in [2.24, 2.45) is 5.73 Å². The van der Waals surface area contributed by atoms with E-state index in [0.717, 1.165) is 11.6 Å². The Morgan fingerprint density at radius 2 is 1.81 bits per heavy atom. The summed E-state index contributed by atoms with van der Waals surface area (Å²) in [5.74, 6) is -0.189. The Kier molecular flexibility index (Phi) is 5.11. The Morgan fingerprint density at radius 3 is 2.48 bits per heavy atom. The lowest BCUT2D eigenvalue weighted by atomic mass is 10.2. The van der Waals surface area contributed by atoms with Crippen LogP contribution in [0.4, 0.5) is 8.78 Å². The molecule has 2 N–H and O–H groups in total. The summed E-state index contributed by atoms with van der Waals surface area (Å²) in [6, 6.07) is 8.73. The second kappa shape index (κ2) is 7.04. The summed E-state index contributed by atoms with van der Waals surface area (Å²) in [6.45, 7) is 2.73. The molecule has 0 heterocycles. The van der Waals surface area contributed by atoms with E-state index in [1.807, 2.05) is 13.0 Å². The maximum Gasteiger partial charge on any atom is 0.161 e. The molecule has 0 atom stereocenters. The van der Waals surface area contributed by atoms with E-state index in [0.29, 0.717) is 24.7 Å². The Bertz CT molecular complexity index is 617. The van der Waals surface area contributed by atoms with E-state index in [-0.39, 0.29) is 12.2 Å². The highest BCUT2D eigenvalue weighted by Gasteiger charge is 2.09. The third-order valence-electron chi connectivity index (χ3n) is 2.94. The molecule has 0 aliphatic rings. The lowest BCUT2D eigenvalue weighted by molar-refractivity contribution is 0.265. The van der Waals surface area contributed by atoms with Crippen LogP contribution in [0, 0.1) is 11.6 Å². The molecular formula is C16H17F2NO2. The van der Waals surface area contributed by atoms with Crippen LogP contribution in [-0.4, -0.2) is 6.61 Å². The van der Waals surface area contributed by atoms with Gasteiger partial charge in [0.05, 0.1) is 6.61 Å². The summed E-state index contributed by atoms with van der Waals surface area (Å²) in [4.78, 5) is 0. The normalized spacial score (nSPS) is 10.5. The summed E-state index contributed by atoms with van der Waals surface area (Å²) in [5, 5.41) is 0. The molecule has 0 saturated heterocycles. The molecule has 0 spiro atoms. The number of nitrogens with two attached hydrogens (primary N) is 1. The summed E-state index contributed by atoms with van der Waals surface area (Å²) in [7, 11) is 0. The topological polar surface area (TPSA) is 44.5 Å². The fourth-order valence-electron chi connectivity index (χ4n) is 1.86. The minimum absolute atomic E-state index is 0.00579. The molecule has 0 bridgehead atoms. The first kappa shape index (κ1) is 15.3. The van der Waals surface area contributed by atoms with Crippen LogP contribution in [-0.2, 0) is 13.2 Å². The zero-order chi connectivity index (χ0) is 15.2. The zero-order valence-electron chi connectivity index (χ0n) is 11.7. The number of ether oxygens (including phenoxy) is 2. The number of hydrogen-bond acceptors (Lipinski definition) is 3. The van der Waals surface area contributed by atoms with Crippen molar-refractivity contribution in [2.45, 2.75) is 20.1 Å². The third-order valence-corrected chi connectivity index (χ3v) is 2.94. The molecule has 2 rings (SSSR count). The number of halogens is 2. The van der Waals surface area contributed by atoms with E-state index in [9.17, 15) is 8.78 Å². The van der Waals surface area contributed by atoms with Gasteiger partial charge in [0.2, 0.25) is 0 Å². The predicted molar refractivity (Wildman–Crippen MR) is 76.2 cm³/mol. The maximum absolute atomic E-state index is 13.6. The van der Waals surface area contributed by atoms with Crippen LogP contribution in [0.1, 0.15) is 18.1 Å². The van der Waals surface area contributed by atoms with Gasteiger partial charge in [-0.1, -0.05) is 6.07 Å². The van der Waals surface area contributed by atoms with Crippen LogP contribution in [0.2, 0.25) is 0 Å². The Hall–Kier alpha value is -2.14. The molecule has 0 aliphatic heterocycles. The molecule has 3 nitrogen and oxygen atoms in total. The van der Waals surface area contributed by atoms with Crippen LogP contribution in [0.25, 0.3) is 0 Å². The average molecular weight is 293 g/mol. The van der Waals surface area contributed by atoms with E-state index < -0.39 is 11.6 Å². The molecule has 112 valence electrons. The highest BCUT2D eigenvalue weighted by Crippen LogP contribution is 2.29. The van der Waals surface area contributed by atoms with Crippen LogP contribution >= 0.6 is 0 Å². The summed E-state index contributed by atoms with van der Waals surface area (Å²) >= 11 is 0. The SMILES string of the molecule is CCOc1cc(CN)ccc1OCc1ccc(F)cc1F. The van der Waals surface area contributed by atoms with Gasteiger partial charge in [0.15, 0.2) is 11.5 Å². The number of hydrogen-bond donors (Lipinski definition) is 1. The summed E-state index contributed by atoms with van der Waals surface area (Å²) in [5.41, 5.74) is 6.78. The van der Waals surface area contributed by atoms with Gasteiger partial charge in [-0.2, -0.15) is 0 Å². The van der Waals surface area contributed by atoms with Gasteiger partial charge in [-0.3, -0.25) is 0 Å². The van der Waals surface area contributed by atoms with Gasteiger partial charge < -0.3 is 15.2 Å². The molecular weight excluding hydrogens is 276 g/mol. The maximum atomic E-state index is 13.6. The highest BCUT2D eigenvalue weighted by atomic mass is 19.1. The van der Waals surface area contributed by atoms with Crippen molar-refractivity contribution >= 4 is 0 Å². The van der Waals surface area contributed by atoms with Gasteiger partial charge in [-0.25, -0.2) is 8.78 Å². The van der Waals surface area contributed by atoms with E-state index in [1.165, 1.54) is 12.1 Å². The smallest absolute Gasteiger partial charge is 0.161 e. The molecule has 0 amide bonds. The quantitative estimate of drug-likeness (QED) is 0.887. The van der Waals surface area contributed by atoms with Crippen molar-refractivity contribution < 1.29 is 18.3 Å². The lowest BCUT2D eigenvalue weighted by Crippen LogP contribution is -2.03. The van der Waals surface area contributed by atoms with Gasteiger partial charge in [-0.05, 0) is 36.8 Å². The second-order valence-corrected chi connectivity index (χ2v) is 4.44. The van der Waals surface area contributed by atoms with Gasteiger partial charge >= 0.3 is 0 Å². The van der Waals surface area contributed by atoms with Crippen LogP contribution in [0.5, 0.6) is 11.5 Å². The molecule has 0 aromatic heterocycles. The standard InChI is InChI=1S/C16H17F2NO2/c1-2-20-16-7-11(9-19)3-6-15(16)21-10-12-4-5-13(17)8-14(12)18/h3-8H,2,9-10,19H2,1H3. The monoisotopic (exact) mass is 293 g/mol. The molecule has 0 fully saturated rings. The van der Waals surface area contributed by atoms with Crippen molar-refractivity contribution in [3.63, 3.8) is 0 Å². The number of benzene rings is 2. The lowest BCUT2D eigenvalue weighted by Gasteiger charge is -2.13. The second-order valence-electron chi connectivity index (χ2n) is 4.44. The molecule has 5 heteroatoms. The van der Waals surface area contributed by atoms with Gasteiger partial charge in [0.1, 0.15) is 18.2 Å². The first-order chi connectivity index (χ1) is 10.1. The van der Waals surface area contributed by atoms with Crippen LogP contribution < -0.4 is 15.2 Å². The van der Waals surface area contributed by atoms with Crippen LogP contribution in [0.15, 0.2) is 36.4 Å². The largest absolute Gasteiger partial charge is 0.490 e. The molecule has 0 unspecified atom stereocenters. The van der Waals surface area contributed by atoms with Crippen molar-refractivity contribution in [1.29, 1.82) is 0 Å². The van der Waals surface area contributed by atoms with E-state index >= 15 is 0 Å². The van der Waals surface area contributed by atoms with Crippen LogP contribution in [0.3, 0.4) is 0 Å². The Labute approximate surface area is 122 Å². The Morgan fingerprint density at radius 1 is 1.00 bits per heavy atom. The van der Waals surface area contributed by atoms with Gasteiger partial charge in [0.25, 0.3) is 0 Å². The molecule has 2 aromatic carbocycles. The van der Waals surface area contributed by atoms with Crippen molar-refractivity contribution in [2.75, 3.05) is 6.61 Å².